The standard InChI is InChI=1S/C22H18N4O2S/c27-29(28,18-11-5-2-6-12-18)16-21-22(25-20-14-8-7-13-19(20)24-21)26-23-15-17-9-3-1-4-10-17/h1-15H,16H2,(H,25,26)/b23-15+. The van der Waals surface area contributed by atoms with Gasteiger partial charge >= 0.3 is 0 Å². The Hall–Kier alpha value is -3.58. The molecule has 0 fully saturated rings. The molecule has 3 aromatic carbocycles. The summed E-state index contributed by atoms with van der Waals surface area (Å²) in [5.74, 6) is 0.0354. The van der Waals surface area contributed by atoms with Crippen molar-refractivity contribution in [2.45, 2.75) is 10.6 Å². The second-order valence-electron chi connectivity index (χ2n) is 6.36. The predicted molar refractivity (Wildman–Crippen MR) is 115 cm³/mol. The van der Waals surface area contributed by atoms with Gasteiger partial charge in [0.05, 0.1) is 22.1 Å². The molecule has 6 nitrogen and oxygen atoms in total. The molecule has 1 N–H and O–H groups in total. The summed E-state index contributed by atoms with van der Waals surface area (Å²) in [5.41, 5.74) is 5.37. The van der Waals surface area contributed by atoms with Crippen molar-refractivity contribution in [3.8, 4) is 0 Å². The quantitative estimate of drug-likeness (QED) is 0.388. The number of hydrogen-bond acceptors (Lipinski definition) is 6. The van der Waals surface area contributed by atoms with Gasteiger partial charge in [-0.15, -0.1) is 0 Å². The minimum absolute atomic E-state index is 0.244. The van der Waals surface area contributed by atoms with E-state index in [0.29, 0.717) is 22.5 Å². The summed E-state index contributed by atoms with van der Waals surface area (Å²) in [5, 5.41) is 4.21. The molecular weight excluding hydrogens is 384 g/mol. The van der Waals surface area contributed by atoms with Crippen LogP contribution in [-0.2, 0) is 15.6 Å². The van der Waals surface area contributed by atoms with E-state index in [0.717, 1.165) is 5.56 Å². The van der Waals surface area contributed by atoms with E-state index in [-0.39, 0.29) is 10.6 Å². The number of nitrogens with zero attached hydrogens (tertiary/aromatic N) is 3. The fourth-order valence-corrected chi connectivity index (χ4v) is 4.12. The third-order valence-corrected chi connectivity index (χ3v) is 5.90. The summed E-state index contributed by atoms with van der Waals surface area (Å²) in [6.07, 6.45) is 1.65. The maximum Gasteiger partial charge on any atom is 0.184 e. The van der Waals surface area contributed by atoms with Gasteiger partial charge in [0.2, 0.25) is 0 Å². The van der Waals surface area contributed by atoms with E-state index in [9.17, 15) is 8.42 Å². The Balaban J connectivity index is 1.69. The molecule has 0 aliphatic heterocycles. The van der Waals surface area contributed by atoms with E-state index in [1.165, 1.54) is 0 Å². The molecule has 0 spiro atoms. The maximum atomic E-state index is 12.9. The Morgan fingerprint density at radius 2 is 1.38 bits per heavy atom. The molecule has 1 aromatic heterocycles. The number of fused-ring (bicyclic) bond motifs is 1. The summed E-state index contributed by atoms with van der Waals surface area (Å²) < 4.78 is 25.7. The topological polar surface area (TPSA) is 84.3 Å². The van der Waals surface area contributed by atoms with E-state index in [1.54, 1.807) is 42.6 Å². The van der Waals surface area contributed by atoms with Crippen molar-refractivity contribution in [2.75, 3.05) is 5.43 Å². The number of benzene rings is 3. The number of sulfone groups is 1. The average Bonchev–Trinajstić information content (AvgIpc) is 2.75. The largest absolute Gasteiger partial charge is 0.260 e. The molecule has 0 amide bonds. The zero-order valence-electron chi connectivity index (χ0n) is 15.4. The van der Waals surface area contributed by atoms with Crippen molar-refractivity contribution >= 4 is 32.9 Å². The lowest BCUT2D eigenvalue weighted by Gasteiger charge is -2.10. The lowest BCUT2D eigenvalue weighted by Crippen LogP contribution is -2.10. The van der Waals surface area contributed by atoms with Crippen molar-refractivity contribution in [2.24, 2.45) is 5.10 Å². The molecule has 0 saturated heterocycles. The minimum atomic E-state index is -3.58. The lowest BCUT2D eigenvalue weighted by atomic mass is 10.2. The summed E-state index contributed by atoms with van der Waals surface area (Å²) in [6.45, 7) is 0. The summed E-state index contributed by atoms with van der Waals surface area (Å²) in [7, 11) is -3.58. The van der Waals surface area contributed by atoms with Gasteiger partial charge in [-0.1, -0.05) is 60.7 Å². The Kier molecular flexibility index (Phi) is 5.31. The molecular formula is C22H18N4O2S. The first kappa shape index (κ1) is 18.8. The van der Waals surface area contributed by atoms with E-state index in [1.807, 2.05) is 48.5 Å². The first-order chi connectivity index (χ1) is 14.1. The highest BCUT2D eigenvalue weighted by atomic mass is 32.2. The van der Waals surface area contributed by atoms with Crippen LogP contribution >= 0.6 is 0 Å². The normalized spacial score (nSPS) is 11.7. The van der Waals surface area contributed by atoms with Gasteiger partial charge in [0.1, 0.15) is 11.4 Å². The Morgan fingerprint density at radius 3 is 2.07 bits per heavy atom. The smallest absolute Gasteiger partial charge is 0.184 e. The molecule has 1 heterocycles. The summed E-state index contributed by atoms with van der Waals surface area (Å²) in [4.78, 5) is 9.31. The molecule has 29 heavy (non-hydrogen) atoms. The predicted octanol–water partition coefficient (Wildman–Crippen LogP) is 4.05. The fraction of sp³-hybridized carbons (Fsp3) is 0.0455. The molecule has 0 aliphatic carbocycles. The first-order valence-corrected chi connectivity index (χ1v) is 10.6. The van der Waals surface area contributed by atoms with Gasteiger partial charge in [-0.3, -0.25) is 5.43 Å². The molecule has 144 valence electrons. The molecule has 0 saturated carbocycles. The van der Waals surface area contributed by atoms with Crippen LogP contribution in [0.5, 0.6) is 0 Å². The number of nitrogens with one attached hydrogen (secondary N) is 1. The summed E-state index contributed by atoms with van der Waals surface area (Å²) >= 11 is 0. The van der Waals surface area contributed by atoms with E-state index < -0.39 is 9.84 Å². The van der Waals surface area contributed by atoms with Gasteiger partial charge in [-0.2, -0.15) is 5.10 Å². The zero-order chi connectivity index (χ0) is 20.1. The highest BCUT2D eigenvalue weighted by Crippen LogP contribution is 2.22. The van der Waals surface area contributed by atoms with E-state index >= 15 is 0 Å². The average molecular weight is 402 g/mol. The molecule has 0 bridgehead atoms. The van der Waals surface area contributed by atoms with Crippen LogP contribution in [0.1, 0.15) is 11.3 Å². The van der Waals surface area contributed by atoms with Crippen molar-refractivity contribution in [1.82, 2.24) is 9.97 Å². The van der Waals surface area contributed by atoms with E-state index in [2.05, 4.69) is 20.5 Å². The Labute approximate surface area is 168 Å². The van der Waals surface area contributed by atoms with Crippen LogP contribution < -0.4 is 5.43 Å². The SMILES string of the molecule is O=S(=O)(Cc1nc2ccccc2nc1N/N=C/c1ccccc1)c1ccccc1. The molecule has 0 radical (unpaired) electrons. The van der Waals surface area contributed by atoms with Crippen molar-refractivity contribution in [3.63, 3.8) is 0 Å². The number of anilines is 1. The van der Waals surface area contributed by atoms with Crippen LogP contribution in [-0.4, -0.2) is 24.6 Å². The highest BCUT2D eigenvalue weighted by molar-refractivity contribution is 7.90. The molecule has 0 atom stereocenters. The van der Waals surface area contributed by atoms with Crippen LogP contribution in [0.3, 0.4) is 0 Å². The van der Waals surface area contributed by atoms with Gasteiger partial charge < -0.3 is 0 Å². The van der Waals surface area contributed by atoms with Gasteiger partial charge in [0.25, 0.3) is 0 Å². The summed E-state index contributed by atoms with van der Waals surface area (Å²) in [6, 6.07) is 25.2. The van der Waals surface area contributed by atoms with Crippen molar-refractivity contribution in [3.05, 3.63) is 96.2 Å². The van der Waals surface area contributed by atoms with Gasteiger partial charge in [-0.05, 0) is 29.8 Å². The monoisotopic (exact) mass is 402 g/mol. The highest BCUT2D eigenvalue weighted by Gasteiger charge is 2.20. The van der Waals surface area contributed by atoms with Crippen LogP contribution in [0.4, 0.5) is 5.82 Å². The number of rotatable bonds is 6. The van der Waals surface area contributed by atoms with Gasteiger partial charge in [0, 0.05) is 0 Å². The van der Waals surface area contributed by atoms with Crippen LogP contribution in [0.25, 0.3) is 11.0 Å². The molecule has 7 heteroatoms. The number of hydrazone groups is 1. The van der Waals surface area contributed by atoms with E-state index in [4.69, 9.17) is 0 Å². The Morgan fingerprint density at radius 1 is 0.793 bits per heavy atom. The third-order valence-electron chi connectivity index (χ3n) is 4.26. The van der Waals surface area contributed by atoms with Gasteiger partial charge in [-0.25, -0.2) is 18.4 Å². The van der Waals surface area contributed by atoms with Crippen molar-refractivity contribution < 1.29 is 8.42 Å². The molecule has 0 aliphatic rings. The number of para-hydroxylation sites is 2. The Bertz CT molecular complexity index is 1260. The number of aromatic nitrogens is 2. The molecule has 4 aromatic rings. The minimum Gasteiger partial charge on any atom is -0.260 e. The maximum absolute atomic E-state index is 12.9. The number of hydrogen-bond donors (Lipinski definition) is 1. The lowest BCUT2D eigenvalue weighted by molar-refractivity contribution is 0.594. The molecule has 4 rings (SSSR count). The van der Waals surface area contributed by atoms with Crippen molar-refractivity contribution in [1.29, 1.82) is 0 Å². The third kappa shape index (κ3) is 4.47. The van der Waals surface area contributed by atoms with Crippen LogP contribution in [0.15, 0.2) is 94.9 Å². The van der Waals surface area contributed by atoms with Crippen LogP contribution in [0.2, 0.25) is 0 Å². The second kappa shape index (κ2) is 8.20. The first-order valence-electron chi connectivity index (χ1n) is 8.99. The van der Waals surface area contributed by atoms with Gasteiger partial charge in [0.15, 0.2) is 15.7 Å². The molecule has 0 unspecified atom stereocenters. The second-order valence-corrected chi connectivity index (χ2v) is 8.35. The fourth-order valence-electron chi connectivity index (χ4n) is 2.82. The zero-order valence-corrected chi connectivity index (χ0v) is 16.3. The van der Waals surface area contributed by atoms with Crippen LogP contribution in [0, 0.1) is 0 Å².